The van der Waals surface area contributed by atoms with Crippen LogP contribution in [0.4, 0.5) is 5.69 Å². The molecule has 1 saturated heterocycles. The Morgan fingerprint density at radius 2 is 2.17 bits per heavy atom. The number of benzene rings is 1. The van der Waals surface area contributed by atoms with Gasteiger partial charge < -0.3 is 20.4 Å². The van der Waals surface area contributed by atoms with E-state index in [1.54, 1.807) is 4.90 Å². The van der Waals surface area contributed by atoms with E-state index < -0.39 is 0 Å². The number of hydrogen-bond donors (Lipinski definition) is 2. The highest BCUT2D eigenvalue weighted by molar-refractivity contribution is 5.97. The van der Waals surface area contributed by atoms with Gasteiger partial charge in [0.15, 0.2) is 0 Å². The van der Waals surface area contributed by atoms with Crippen LogP contribution < -0.4 is 10.6 Å². The molecule has 2 N–H and O–H groups in total. The molecule has 2 amide bonds. The van der Waals surface area contributed by atoms with Crippen molar-refractivity contribution in [3.63, 3.8) is 0 Å². The van der Waals surface area contributed by atoms with E-state index in [1.165, 1.54) is 0 Å². The third-order valence-corrected chi connectivity index (χ3v) is 4.18. The zero-order chi connectivity index (χ0) is 17.5. The Hall–Kier alpha value is -1.92. The summed E-state index contributed by atoms with van der Waals surface area (Å²) in [6.07, 6.45) is 0.302. The largest absolute Gasteiger partial charge is 0.341 e. The van der Waals surface area contributed by atoms with Crippen LogP contribution in [0.3, 0.4) is 0 Å². The number of likely N-dealkylation sites (N-methyl/N-ethyl adjacent to an activating group) is 1. The van der Waals surface area contributed by atoms with Crippen molar-refractivity contribution in [2.75, 3.05) is 45.6 Å². The van der Waals surface area contributed by atoms with Gasteiger partial charge >= 0.3 is 0 Å². The van der Waals surface area contributed by atoms with Crippen molar-refractivity contribution < 1.29 is 9.59 Å². The summed E-state index contributed by atoms with van der Waals surface area (Å²) in [7, 11) is 3.95. The van der Waals surface area contributed by atoms with E-state index in [2.05, 4.69) is 17.6 Å². The molecule has 6 heteroatoms. The number of carbonyl (C=O) groups excluding carboxylic acids is 2. The molecule has 0 aliphatic carbocycles. The van der Waals surface area contributed by atoms with E-state index in [0.29, 0.717) is 19.5 Å². The van der Waals surface area contributed by atoms with Crippen LogP contribution in [0.25, 0.3) is 0 Å². The minimum Gasteiger partial charge on any atom is -0.341 e. The van der Waals surface area contributed by atoms with Gasteiger partial charge in [-0.3, -0.25) is 9.59 Å². The molecule has 24 heavy (non-hydrogen) atoms. The maximum absolute atomic E-state index is 12.5. The Balaban J connectivity index is 1.89. The van der Waals surface area contributed by atoms with Crippen molar-refractivity contribution in [1.82, 2.24) is 15.1 Å². The maximum atomic E-state index is 12.5. The summed E-state index contributed by atoms with van der Waals surface area (Å²) < 4.78 is 0. The number of anilines is 1. The van der Waals surface area contributed by atoms with Gasteiger partial charge in [0.1, 0.15) is 0 Å². The summed E-state index contributed by atoms with van der Waals surface area (Å²) in [5.74, 6) is -0.272. The van der Waals surface area contributed by atoms with Gasteiger partial charge in [-0.2, -0.15) is 0 Å². The van der Waals surface area contributed by atoms with E-state index in [-0.39, 0.29) is 17.7 Å². The Morgan fingerprint density at radius 3 is 2.88 bits per heavy atom. The van der Waals surface area contributed by atoms with Gasteiger partial charge in [-0.1, -0.05) is 19.1 Å². The summed E-state index contributed by atoms with van der Waals surface area (Å²) in [6, 6.07) is 7.82. The van der Waals surface area contributed by atoms with Gasteiger partial charge in [0.25, 0.3) is 0 Å². The van der Waals surface area contributed by atoms with Crippen molar-refractivity contribution in [2.24, 2.45) is 5.92 Å². The summed E-state index contributed by atoms with van der Waals surface area (Å²) in [4.78, 5) is 28.3. The number of amides is 2. The fraction of sp³-hybridized carbons (Fsp3) is 0.556. The average molecular weight is 332 g/mol. The highest BCUT2D eigenvalue weighted by Gasteiger charge is 2.34. The van der Waals surface area contributed by atoms with Crippen LogP contribution in [0.1, 0.15) is 18.9 Å². The van der Waals surface area contributed by atoms with E-state index in [4.69, 9.17) is 0 Å². The van der Waals surface area contributed by atoms with Gasteiger partial charge in [-0.05, 0) is 38.3 Å². The number of nitrogens with one attached hydrogen (secondary N) is 2. The average Bonchev–Trinajstić information content (AvgIpc) is 2.92. The molecule has 1 aromatic carbocycles. The second kappa shape index (κ2) is 8.80. The molecule has 0 spiro atoms. The van der Waals surface area contributed by atoms with Crippen LogP contribution in [-0.2, 0) is 16.1 Å². The van der Waals surface area contributed by atoms with Gasteiger partial charge in [0, 0.05) is 38.3 Å². The van der Waals surface area contributed by atoms with Gasteiger partial charge in [0.2, 0.25) is 11.8 Å². The first-order chi connectivity index (χ1) is 11.5. The molecule has 1 fully saturated rings. The molecule has 0 bridgehead atoms. The first-order valence-corrected chi connectivity index (χ1v) is 8.52. The van der Waals surface area contributed by atoms with Crippen LogP contribution in [0, 0.1) is 5.92 Å². The third-order valence-electron chi connectivity index (χ3n) is 4.18. The zero-order valence-electron chi connectivity index (χ0n) is 14.8. The lowest BCUT2D eigenvalue weighted by Gasteiger charge is -2.19. The summed E-state index contributed by atoms with van der Waals surface area (Å²) in [5.41, 5.74) is 1.92. The van der Waals surface area contributed by atoms with Gasteiger partial charge in [-0.25, -0.2) is 0 Å². The molecule has 132 valence electrons. The minimum absolute atomic E-state index is 0.0675. The molecule has 1 heterocycles. The Kier molecular flexibility index (Phi) is 6.75. The molecule has 2 rings (SSSR count). The topological polar surface area (TPSA) is 64.7 Å². The number of nitrogens with zero attached hydrogens (tertiary/aromatic N) is 2. The summed E-state index contributed by atoms with van der Waals surface area (Å²) >= 11 is 0. The molecule has 1 aliphatic heterocycles. The number of likely N-dealkylation sites (tertiary alicyclic amines) is 1. The highest BCUT2D eigenvalue weighted by Crippen LogP contribution is 2.20. The molecule has 0 saturated carbocycles. The highest BCUT2D eigenvalue weighted by atomic mass is 16.2. The first-order valence-electron chi connectivity index (χ1n) is 8.52. The Morgan fingerprint density at radius 1 is 1.38 bits per heavy atom. The standard InChI is InChI=1S/C18H28N4O2/c1-4-19-12-14-6-5-7-16(10-14)20-18(24)15-11-17(23)22(13-15)9-8-21(2)3/h5-7,10,15,19H,4,8-9,11-13H2,1-3H3,(H,20,24). The van der Waals surface area contributed by atoms with Crippen molar-refractivity contribution in [1.29, 1.82) is 0 Å². The SMILES string of the molecule is CCNCc1cccc(NC(=O)C2CC(=O)N(CCN(C)C)C2)c1. The molecular formula is C18H28N4O2. The van der Waals surface area contributed by atoms with Crippen LogP contribution in [-0.4, -0.2) is 61.9 Å². The van der Waals surface area contributed by atoms with E-state index in [0.717, 1.165) is 30.9 Å². The zero-order valence-corrected chi connectivity index (χ0v) is 14.8. The van der Waals surface area contributed by atoms with Crippen LogP contribution in [0.15, 0.2) is 24.3 Å². The fourth-order valence-electron chi connectivity index (χ4n) is 2.76. The van der Waals surface area contributed by atoms with E-state index in [1.807, 2.05) is 43.3 Å². The molecule has 1 unspecified atom stereocenters. The fourth-order valence-corrected chi connectivity index (χ4v) is 2.76. The molecule has 1 aromatic rings. The maximum Gasteiger partial charge on any atom is 0.229 e. The monoisotopic (exact) mass is 332 g/mol. The van der Waals surface area contributed by atoms with E-state index >= 15 is 0 Å². The van der Waals surface area contributed by atoms with Crippen molar-refractivity contribution in [2.45, 2.75) is 19.9 Å². The predicted octanol–water partition coefficient (Wildman–Crippen LogP) is 1.14. The lowest BCUT2D eigenvalue weighted by Crippen LogP contribution is -2.34. The lowest BCUT2D eigenvalue weighted by atomic mass is 10.1. The van der Waals surface area contributed by atoms with Crippen LogP contribution >= 0.6 is 0 Å². The van der Waals surface area contributed by atoms with E-state index in [9.17, 15) is 9.59 Å². The lowest BCUT2D eigenvalue weighted by molar-refractivity contribution is -0.128. The molecule has 1 aliphatic rings. The Bertz CT molecular complexity index is 574. The predicted molar refractivity (Wildman–Crippen MR) is 95.7 cm³/mol. The second-order valence-corrected chi connectivity index (χ2v) is 6.51. The summed E-state index contributed by atoms with van der Waals surface area (Å²) in [6.45, 7) is 5.74. The molecule has 0 aromatic heterocycles. The number of hydrogen-bond acceptors (Lipinski definition) is 4. The third kappa shape index (κ3) is 5.32. The van der Waals surface area contributed by atoms with Crippen LogP contribution in [0.2, 0.25) is 0 Å². The van der Waals surface area contributed by atoms with Crippen molar-refractivity contribution in [3.05, 3.63) is 29.8 Å². The molecule has 6 nitrogen and oxygen atoms in total. The normalized spacial score (nSPS) is 17.6. The smallest absolute Gasteiger partial charge is 0.229 e. The van der Waals surface area contributed by atoms with Crippen molar-refractivity contribution in [3.8, 4) is 0 Å². The first kappa shape index (κ1) is 18.4. The second-order valence-electron chi connectivity index (χ2n) is 6.51. The summed E-state index contributed by atoms with van der Waals surface area (Å²) in [5, 5.41) is 6.22. The van der Waals surface area contributed by atoms with Gasteiger partial charge in [0.05, 0.1) is 5.92 Å². The quantitative estimate of drug-likeness (QED) is 0.749. The molecule has 1 atom stereocenters. The molecule has 0 radical (unpaired) electrons. The number of rotatable bonds is 8. The van der Waals surface area contributed by atoms with Crippen LogP contribution in [0.5, 0.6) is 0 Å². The Labute approximate surface area is 144 Å². The van der Waals surface area contributed by atoms with Crippen molar-refractivity contribution >= 4 is 17.5 Å². The minimum atomic E-state index is -0.267. The number of carbonyl (C=O) groups is 2. The van der Waals surface area contributed by atoms with Gasteiger partial charge in [-0.15, -0.1) is 0 Å². The molecular weight excluding hydrogens is 304 g/mol.